The van der Waals surface area contributed by atoms with Gasteiger partial charge in [-0.2, -0.15) is 0 Å². The van der Waals surface area contributed by atoms with E-state index in [0.29, 0.717) is 5.11 Å². The van der Waals surface area contributed by atoms with Gasteiger partial charge in [0.1, 0.15) is 11.9 Å². The first-order valence-electron chi connectivity index (χ1n) is 10.5. The number of nitrogens with zero attached hydrogens (tertiary/aromatic N) is 3. The maximum absolute atomic E-state index is 14.0. The Morgan fingerprint density at radius 3 is 2.44 bits per heavy atom. The predicted octanol–water partition coefficient (Wildman–Crippen LogP) is 5.81. The minimum atomic E-state index is -0.269. The highest BCUT2D eigenvalue weighted by molar-refractivity contribution is 7.80. The Labute approximate surface area is 192 Å². The number of hydrogen-bond donors (Lipinski definition) is 1. The van der Waals surface area contributed by atoms with Crippen molar-refractivity contribution in [2.24, 2.45) is 0 Å². The maximum atomic E-state index is 14.0. The van der Waals surface area contributed by atoms with Crippen molar-refractivity contribution in [2.75, 3.05) is 4.90 Å². The van der Waals surface area contributed by atoms with Crippen LogP contribution in [0.4, 0.5) is 10.1 Å². The van der Waals surface area contributed by atoms with Crippen molar-refractivity contribution in [3.8, 4) is 5.69 Å². The molecule has 2 aromatic carbocycles. The second-order valence-corrected chi connectivity index (χ2v) is 8.51. The van der Waals surface area contributed by atoms with Gasteiger partial charge in [0.2, 0.25) is 0 Å². The lowest BCUT2D eigenvalue weighted by atomic mass is 10.00. The van der Waals surface area contributed by atoms with Crippen LogP contribution in [0.25, 0.3) is 5.69 Å². The Balaban J connectivity index is 1.69. The summed E-state index contributed by atoms with van der Waals surface area (Å²) in [6, 6.07) is 22.7. The zero-order chi connectivity index (χ0) is 22.2. The van der Waals surface area contributed by atoms with Gasteiger partial charge >= 0.3 is 0 Å². The molecule has 5 rings (SSSR count). The van der Waals surface area contributed by atoms with Crippen molar-refractivity contribution in [2.45, 2.75) is 25.9 Å². The van der Waals surface area contributed by atoms with Crippen LogP contribution in [0.2, 0.25) is 0 Å². The third-order valence-corrected chi connectivity index (χ3v) is 6.07. The SMILES string of the molecule is Cc1cc(C)cc(N2C(=S)N[C@@H](c3ccccn3)[C@H]2c2cccn2-c2cccc(F)c2)c1. The highest BCUT2D eigenvalue weighted by atomic mass is 32.1. The maximum Gasteiger partial charge on any atom is 0.174 e. The van der Waals surface area contributed by atoms with E-state index < -0.39 is 0 Å². The van der Waals surface area contributed by atoms with Crippen molar-refractivity contribution >= 4 is 23.0 Å². The number of nitrogens with one attached hydrogen (secondary N) is 1. The standard InChI is InChI=1S/C26H23FN4S/c1-17-13-18(2)15-21(14-17)31-25(24(29-26(31)32)22-9-3-4-11-28-22)23-10-6-12-30(23)20-8-5-7-19(27)16-20/h3-16,24-25H,1-2H3,(H,29,32)/t24-,25+/m0/s1. The van der Waals surface area contributed by atoms with Gasteiger partial charge in [-0.25, -0.2) is 4.39 Å². The van der Waals surface area contributed by atoms with Crippen LogP contribution in [0, 0.1) is 19.7 Å². The van der Waals surface area contributed by atoms with Crippen LogP contribution < -0.4 is 10.2 Å². The molecule has 1 aliphatic rings. The summed E-state index contributed by atoms with van der Waals surface area (Å²) in [5.74, 6) is -0.269. The Bertz CT molecular complexity index is 1260. The number of benzene rings is 2. The quantitative estimate of drug-likeness (QED) is 0.405. The zero-order valence-corrected chi connectivity index (χ0v) is 18.7. The molecule has 0 bridgehead atoms. The first-order chi connectivity index (χ1) is 15.5. The molecule has 6 heteroatoms. The molecule has 1 aliphatic heterocycles. The lowest BCUT2D eigenvalue weighted by molar-refractivity contribution is 0.548. The average molecular weight is 443 g/mol. The van der Waals surface area contributed by atoms with E-state index in [1.807, 2.05) is 41.1 Å². The number of anilines is 1. The molecule has 160 valence electrons. The summed E-state index contributed by atoms with van der Waals surface area (Å²) in [5, 5.41) is 4.13. The second kappa shape index (κ2) is 8.20. The molecule has 4 aromatic rings. The number of rotatable bonds is 4. The van der Waals surface area contributed by atoms with Crippen LogP contribution in [-0.2, 0) is 0 Å². The molecule has 0 aliphatic carbocycles. The van der Waals surface area contributed by atoms with Gasteiger partial charge in [0.25, 0.3) is 0 Å². The lowest BCUT2D eigenvalue weighted by Crippen LogP contribution is -2.30. The smallest absolute Gasteiger partial charge is 0.174 e. The molecule has 0 radical (unpaired) electrons. The second-order valence-electron chi connectivity index (χ2n) is 8.13. The van der Waals surface area contributed by atoms with Gasteiger partial charge in [-0.05, 0) is 91.8 Å². The molecular formula is C26H23FN4S. The highest BCUT2D eigenvalue weighted by Crippen LogP contribution is 2.42. The molecule has 3 heterocycles. The van der Waals surface area contributed by atoms with E-state index in [9.17, 15) is 4.39 Å². The van der Waals surface area contributed by atoms with Crippen molar-refractivity contribution in [3.05, 3.63) is 114 Å². The monoisotopic (exact) mass is 442 g/mol. The molecule has 0 unspecified atom stereocenters. The van der Waals surface area contributed by atoms with Crippen molar-refractivity contribution in [3.63, 3.8) is 0 Å². The van der Waals surface area contributed by atoms with E-state index in [1.165, 1.54) is 17.2 Å². The van der Waals surface area contributed by atoms with Crippen LogP contribution >= 0.6 is 12.2 Å². The number of aromatic nitrogens is 2. The predicted molar refractivity (Wildman–Crippen MR) is 130 cm³/mol. The summed E-state index contributed by atoms with van der Waals surface area (Å²) in [6.45, 7) is 4.17. The van der Waals surface area contributed by atoms with E-state index >= 15 is 0 Å². The van der Waals surface area contributed by atoms with Gasteiger partial charge < -0.3 is 14.8 Å². The molecule has 32 heavy (non-hydrogen) atoms. The first kappa shape index (κ1) is 20.4. The highest BCUT2D eigenvalue weighted by Gasteiger charge is 2.42. The van der Waals surface area contributed by atoms with Gasteiger partial charge in [0.05, 0.1) is 11.7 Å². The van der Waals surface area contributed by atoms with Crippen LogP contribution in [0.1, 0.15) is 34.6 Å². The van der Waals surface area contributed by atoms with E-state index in [4.69, 9.17) is 12.2 Å². The number of pyridine rings is 1. The molecular weight excluding hydrogens is 419 g/mol. The summed E-state index contributed by atoms with van der Waals surface area (Å²) in [4.78, 5) is 6.77. The fourth-order valence-corrected chi connectivity index (χ4v) is 4.87. The van der Waals surface area contributed by atoms with Gasteiger partial charge in [-0.1, -0.05) is 18.2 Å². The summed E-state index contributed by atoms with van der Waals surface area (Å²) in [7, 11) is 0. The molecule has 2 aromatic heterocycles. The number of halogens is 1. The molecule has 4 nitrogen and oxygen atoms in total. The number of hydrogen-bond acceptors (Lipinski definition) is 2. The van der Waals surface area contributed by atoms with Gasteiger partial charge in [-0.15, -0.1) is 0 Å². The average Bonchev–Trinajstić information content (AvgIpc) is 3.38. The van der Waals surface area contributed by atoms with Gasteiger partial charge in [0.15, 0.2) is 5.11 Å². The van der Waals surface area contributed by atoms with E-state index in [-0.39, 0.29) is 17.9 Å². The van der Waals surface area contributed by atoms with E-state index in [0.717, 1.165) is 22.8 Å². The third-order valence-electron chi connectivity index (χ3n) is 5.75. The van der Waals surface area contributed by atoms with Crippen LogP contribution in [0.5, 0.6) is 0 Å². The third kappa shape index (κ3) is 3.67. The Hall–Kier alpha value is -3.51. The first-order valence-corrected chi connectivity index (χ1v) is 10.9. The molecule has 2 atom stereocenters. The van der Waals surface area contributed by atoms with Gasteiger partial charge in [-0.3, -0.25) is 4.98 Å². The normalized spacial score (nSPS) is 18.1. The fraction of sp³-hybridized carbons (Fsp3) is 0.154. The molecule has 0 spiro atoms. The number of aryl methyl sites for hydroxylation is 2. The van der Waals surface area contributed by atoms with Crippen LogP contribution in [0.3, 0.4) is 0 Å². The molecule has 0 saturated carbocycles. The molecule has 1 fully saturated rings. The summed E-state index contributed by atoms with van der Waals surface area (Å²) >= 11 is 5.84. The molecule has 1 saturated heterocycles. The molecule has 1 N–H and O–H groups in total. The van der Waals surface area contributed by atoms with Crippen molar-refractivity contribution < 1.29 is 4.39 Å². The van der Waals surface area contributed by atoms with Crippen molar-refractivity contribution in [1.82, 2.24) is 14.9 Å². The minimum Gasteiger partial charge on any atom is -0.351 e. The fourth-order valence-electron chi connectivity index (χ4n) is 4.52. The summed E-state index contributed by atoms with van der Waals surface area (Å²) in [6.07, 6.45) is 3.75. The van der Waals surface area contributed by atoms with E-state index in [1.54, 1.807) is 18.3 Å². The van der Waals surface area contributed by atoms with E-state index in [2.05, 4.69) is 53.3 Å². The summed E-state index contributed by atoms with van der Waals surface area (Å²) < 4.78 is 16.1. The van der Waals surface area contributed by atoms with Crippen LogP contribution in [0.15, 0.2) is 85.2 Å². The number of thiocarbonyl (C=S) groups is 1. The van der Waals surface area contributed by atoms with Crippen LogP contribution in [-0.4, -0.2) is 14.7 Å². The Kier molecular flexibility index (Phi) is 5.23. The Morgan fingerprint density at radius 2 is 1.72 bits per heavy atom. The largest absolute Gasteiger partial charge is 0.351 e. The molecule has 0 amide bonds. The Morgan fingerprint density at radius 1 is 0.906 bits per heavy atom. The van der Waals surface area contributed by atoms with Crippen molar-refractivity contribution in [1.29, 1.82) is 0 Å². The minimum absolute atomic E-state index is 0.160. The van der Waals surface area contributed by atoms with Gasteiger partial charge in [0, 0.05) is 29.5 Å². The summed E-state index contributed by atoms with van der Waals surface area (Å²) in [5.41, 5.74) is 6.03. The zero-order valence-electron chi connectivity index (χ0n) is 17.9. The topological polar surface area (TPSA) is 33.1 Å². The lowest BCUT2D eigenvalue weighted by Gasteiger charge is -2.29.